The molecule has 0 spiro atoms. The van der Waals surface area contributed by atoms with Crippen LogP contribution in [-0.2, 0) is 23.8 Å². The van der Waals surface area contributed by atoms with Gasteiger partial charge in [-0.15, -0.1) is 0 Å². The lowest BCUT2D eigenvalue weighted by Crippen LogP contribution is -2.75. The quantitative estimate of drug-likeness (QED) is 0.135. The predicted molar refractivity (Wildman–Crippen MR) is 113 cm³/mol. The van der Waals surface area contributed by atoms with E-state index in [2.05, 4.69) is 6.92 Å². The van der Waals surface area contributed by atoms with Gasteiger partial charge in [-0.05, 0) is 12.8 Å². The summed E-state index contributed by atoms with van der Waals surface area (Å²) < 4.78 is 14.8. The van der Waals surface area contributed by atoms with Crippen LogP contribution in [0.1, 0.15) is 90.9 Å². The minimum Gasteiger partial charge on any atom is -0.420 e. The normalized spacial score (nSPS) is 30.2. The monoisotopic (exact) mass is 464 g/mol. The highest BCUT2D eigenvalue weighted by Gasteiger charge is 2.70. The molecule has 1 fully saturated rings. The maximum Gasteiger partial charge on any atom is 0.399 e. The molecule has 0 radical (unpaired) electrons. The van der Waals surface area contributed by atoms with E-state index in [1.54, 1.807) is 0 Å². The standard InChI is InChI=1S/C22H40O10/c1-3-5-7-9-11-13-17(24)31-21(28)20(27)19(26)16(15-23)30-22(21,29)32-18(25)14-12-10-8-6-4-2/h16,19-20,23,26-29H,3-15H2,1-2H3/t16-,19-,20+,21-,22?/m1/s1. The predicted octanol–water partition coefficient (Wildman–Crippen LogP) is 1.24. The minimum atomic E-state index is -3.31. The van der Waals surface area contributed by atoms with Crippen LogP contribution in [-0.4, -0.2) is 74.2 Å². The Morgan fingerprint density at radius 2 is 1.28 bits per heavy atom. The van der Waals surface area contributed by atoms with Gasteiger partial charge in [0.2, 0.25) is 0 Å². The molecule has 1 heterocycles. The van der Waals surface area contributed by atoms with Crippen molar-refractivity contribution in [3.63, 3.8) is 0 Å². The number of aliphatic hydroxyl groups excluding tert-OH is 3. The van der Waals surface area contributed by atoms with Gasteiger partial charge in [0.1, 0.15) is 12.2 Å². The molecule has 1 unspecified atom stereocenters. The molecular formula is C22H40O10. The lowest BCUT2D eigenvalue weighted by atomic mass is 9.94. The molecule has 1 saturated heterocycles. The zero-order valence-corrected chi connectivity index (χ0v) is 19.2. The molecule has 0 aromatic heterocycles. The number of esters is 2. The highest BCUT2D eigenvalue weighted by atomic mass is 16.9. The van der Waals surface area contributed by atoms with E-state index in [9.17, 15) is 35.1 Å². The third-order valence-electron chi connectivity index (χ3n) is 5.54. The van der Waals surface area contributed by atoms with Crippen LogP contribution in [0, 0.1) is 0 Å². The van der Waals surface area contributed by atoms with Gasteiger partial charge in [0, 0.05) is 12.8 Å². The van der Waals surface area contributed by atoms with Crippen LogP contribution in [0.3, 0.4) is 0 Å². The van der Waals surface area contributed by atoms with Gasteiger partial charge in [-0.3, -0.25) is 9.59 Å². The van der Waals surface area contributed by atoms with Crippen LogP contribution in [0.25, 0.3) is 0 Å². The minimum absolute atomic E-state index is 0.112. The van der Waals surface area contributed by atoms with Crippen molar-refractivity contribution in [3.05, 3.63) is 0 Å². The Balaban J connectivity index is 2.86. The summed E-state index contributed by atoms with van der Waals surface area (Å²) in [6.07, 6.45) is 2.24. The molecule has 5 atom stereocenters. The Morgan fingerprint density at radius 3 is 1.75 bits per heavy atom. The molecule has 1 aliphatic rings. The van der Waals surface area contributed by atoms with Crippen LogP contribution in [0.2, 0.25) is 0 Å². The van der Waals surface area contributed by atoms with E-state index >= 15 is 0 Å². The first kappa shape index (κ1) is 28.7. The van der Waals surface area contributed by atoms with Gasteiger partial charge in [-0.1, -0.05) is 65.2 Å². The van der Waals surface area contributed by atoms with Crippen molar-refractivity contribution in [2.75, 3.05) is 6.61 Å². The topological polar surface area (TPSA) is 163 Å². The largest absolute Gasteiger partial charge is 0.420 e. The fraction of sp³-hybridized carbons (Fsp3) is 0.909. The average Bonchev–Trinajstić information content (AvgIpc) is 2.75. The van der Waals surface area contributed by atoms with E-state index in [0.717, 1.165) is 51.4 Å². The number of carbonyl (C=O) groups is 2. The van der Waals surface area contributed by atoms with Gasteiger partial charge >= 0.3 is 23.7 Å². The molecule has 5 N–H and O–H groups in total. The third-order valence-corrected chi connectivity index (χ3v) is 5.54. The van der Waals surface area contributed by atoms with Crippen LogP contribution >= 0.6 is 0 Å². The van der Waals surface area contributed by atoms with E-state index in [0.29, 0.717) is 12.8 Å². The number of rotatable bonds is 15. The molecule has 1 aliphatic heterocycles. The maximum absolute atomic E-state index is 12.3. The molecule has 32 heavy (non-hydrogen) atoms. The molecule has 0 aromatic rings. The highest BCUT2D eigenvalue weighted by Crippen LogP contribution is 2.39. The second-order valence-electron chi connectivity index (χ2n) is 8.33. The number of unbranched alkanes of at least 4 members (excludes halogenated alkanes) is 8. The van der Waals surface area contributed by atoms with E-state index in [4.69, 9.17) is 14.2 Å². The maximum atomic E-state index is 12.3. The zero-order valence-electron chi connectivity index (χ0n) is 19.2. The summed E-state index contributed by atoms with van der Waals surface area (Å²) in [6, 6.07) is 0. The second-order valence-corrected chi connectivity index (χ2v) is 8.33. The number of hydrogen-bond acceptors (Lipinski definition) is 10. The molecule has 0 amide bonds. The molecule has 0 aromatic carbocycles. The molecular weight excluding hydrogens is 424 g/mol. The van der Waals surface area contributed by atoms with Crippen molar-refractivity contribution in [3.8, 4) is 0 Å². The van der Waals surface area contributed by atoms with Crippen LogP contribution < -0.4 is 0 Å². The Bertz CT molecular complexity index is 571. The average molecular weight is 465 g/mol. The van der Waals surface area contributed by atoms with Crippen LogP contribution in [0.5, 0.6) is 0 Å². The fourth-order valence-electron chi connectivity index (χ4n) is 3.52. The molecule has 10 heteroatoms. The summed E-state index contributed by atoms with van der Waals surface area (Å²) in [7, 11) is 0. The summed E-state index contributed by atoms with van der Waals surface area (Å²) in [5.41, 5.74) is 0. The van der Waals surface area contributed by atoms with Gasteiger partial charge in [0.15, 0.2) is 6.10 Å². The lowest BCUT2D eigenvalue weighted by Gasteiger charge is -2.49. The number of aliphatic hydroxyl groups is 5. The zero-order chi connectivity index (χ0) is 24.2. The summed E-state index contributed by atoms with van der Waals surface area (Å²) in [5.74, 6) is -8.53. The smallest absolute Gasteiger partial charge is 0.399 e. The summed E-state index contributed by atoms with van der Waals surface area (Å²) >= 11 is 0. The molecule has 1 rings (SSSR count). The van der Waals surface area contributed by atoms with Crippen molar-refractivity contribution in [1.29, 1.82) is 0 Å². The SMILES string of the molecule is CCCCCCCC(=O)OC1(O)O[C@H](CO)[C@@H](O)[C@H](O)[C@@]1(O)OC(=O)CCCCCCC. The first-order valence-corrected chi connectivity index (χ1v) is 11.7. The van der Waals surface area contributed by atoms with Crippen molar-refractivity contribution in [1.82, 2.24) is 0 Å². The first-order valence-electron chi connectivity index (χ1n) is 11.7. The van der Waals surface area contributed by atoms with Crippen molar-refractivity contribution < 1.29 is 49.3 Å². The molecule has 10 nitrogen and oxygen atoms in total. The second kappa shape index (κ2) is 14.1. The van der Waals surface area contributed by atoms with Crippen LogP contribution in [0.15, 0.2) is 0 Å². The van der Waals surface area contributed by atoms with Crippen molar-refractivity contribution in [2.45, 2.75) is 121 Å². The van der Waals surface area contributed by atoms with E-state index in [1.165, 1.54) is 0 Å². The van der Waals surface area contributed by atoms with E-state index in [-0.39, 0.29) is 12.8 Å². The summed E-state index contributed by atoms with van der Waals surface area (Å²) in [5, 5.41) is 51.5. The molecule has 0 aliphatic carbocycles. The van der Waals surface area contributed by atoms with E-state index < -0.39 is 48.6 Å². The first-order chi connectivity index (χ1) is 15.1. The van der Waals surface area contributed by atoms with Gasteiger partial charge in [0.05, 0.1) is 6.61 Å². The Morgan fingerprint density at radius 1 is 0.812 bits per heavy atom. The summed E-state index contributed by atoms with van der Waals surface area (Å²) in [6.45, 7) is 3.23. The Hall–Kier alpha value is -1.30. The highest BCUT2D eigenvalue weighted by molar-refractivity contribution is 5.71. The van der Waals surface area contributed by atoms with Crippen LogP contribution in [0.4, 0.5) is 0 Å². The number of hydrogen-bond donors (Lipinski definition) is 5. The Kier molecular flexibility index (Phi) is 12.6. The fourth-order valence-corrected chi connectivity index (χ4v) is 3.52. The van der Waals surface area contributed by atoms with Gasteiger partial charge in [-0.25, -0.2) is 0 Å². The number of carbonyl (C=O) groups excluding carboxylic acids is 2. The van der Waals surface area contributed by atoms with E-state index in [1.807, 2.05) is 6.92 Å². The molecule has 0 saturated carbocycles. The number of ether oxygens (including phenoxy) is 3. The molecule has 0 bridgehead atoms. The lowest BCUT2D eigenvalue weighted by molar-refractivity contribution is -0.511. The third kappa shape index (κ3) is 7.93. The Labute approximate surface area is 189 Å². The van der Waals surface area contributed by atoms with Gasteiger partial charge in [0.25, 0.3) is 0 Å². The van der Waals surface area contributed by atoms with Gasteiger partial charge < -0.3 is 39.7 Å². The molecule has 188 valence electrons. The summed E-state index contributed by atoms with van der Waals surface area (Å²) in [4.78, 5) is 24.5. The van der Waals surface area contributed by atoms with Crippen molar-refractivity contribution >= 4 is 11.9 Å². The van der Waals surface area contributed by atoms with Gasteiger partial charge in [-0.2, -0.15) is 0 Å². The van der Waals surface area contributed by atoms with Crippen molar-refractivity contribution in [2.24, 2.45) is 0 Å².